The molecule has 4 heteroatoms. The Bertz CT molecular complexity index is 404. The molecule has 1 aromatic carbocycles. The van der Waals surface area contributed by atoms with Gasteiger partial charge in [0.05, 0.1) is 17.9 Å². The van der Waals surface area contributed by atoms with E-state index in [0.29, 0.717) is 6.54 Å². The van der Waals surface area contributed by atoms with Crippen molar-refractivity contribution in [3.05, 3.63) is 22.7 Å². The Kier molecular flexibility index (Phi) is 2.69. The fraction of sp³-hybridized carbons (Fsp3) is 0.364. The number of nitrogens with zero attached hydrogens (tertiary/aromatic N) is 1. The predicted octanol–water partition coefficient (Wildman–Crippen LogP) is 2.62. The van der Waals surface area contributed by atoms with Gasteiger partial charge in [0.15, 0.2) is 0 Å². The highest BCUT2D eigenvalue weighted by molar-refractivity contribution is 9.10. The van der Waals surface area contributed by atoms with Crippen LogP contribution < -0.4 is 10.2 Å². The van der Waals surface area contributed by atoms with Crippen molar-refractivity contribution in [3.63, 3.8) is 0 Å². The fourth-order valence-electron chi connectivity index (χ4n) is 1.83. The van der Waals surface area contributed by atoms with E-state index in [2.05, 4.69) is 21.2 Å². The number of benzene rings is 1. The highest BCUT2D eigenvalue weighted by Crippen LogP contribution is 2.37. The highest BCUT2D eigenvalue weighted by Gasteiger charge is 2.27. The second-order valence-electron chi connectivity index (χ2n) is 3.85. The molecule has 0 aromatic heterocycles. The Morgan fingerprint density at radius 1 is 1.47 bits per heavy atom. The number of carbonyl (C=O) groups is 1. The maximum Gasteiger partial charge on any atom is 0.246 e. The number of halogens is 1. The van der Waals surface area contributed by atoms with E-state index in [0.717, 1.165) is 15.8 Å². The Morgan fingerprint density at radius 3 is 2.87 bits per heavy atom. The van der Waals surface area contributed by atoms with Gasteiger partial charge in [-0.15, -0.1) is 0 Å². The van der Waals surface area contributed by atoms with E-state index in [1.807, 2.05) is 36.9 Å². The van der Waals surface area contributed by atoms with E-state index in [-0.39, 0.29) is 11.9 Å². The zero-order chi connectivity index (χ0) is 11.0. The van der Waals surface area contributed by atoms with Gasteiger partial charge in [-0.05, 0) is 41.9 Å². The molecule has 1 aliphatic rings. The number of carbonyl (C=O) groups excluding carboxylic acids is 1. The monoisotopic (exact) mass is 268 g/mol. The summed E-state index contributed by atoms with van der Waals surface area (Å²) in [5, 5.41) is 3.12. The molecule has 0 bridgehead atoms. The minimum absolute atomic E-state index is 0.115. The summed E-state index contributed by atoms with van der Waals surface area (Å²) in [5.41, 5.74) is 1.96. The first-order valence-corrected chi connectivity index (χ1v) is 5.75. The van der Waals surface area contributed by atoms with E-state index >= 15 is 0 Å². The summed E-state index contributed by atoms with van der Waals surface area (Å²) in [5.74, 6) is 0.115. The van der Waals surface area contributed by atoms with Gasteiger partial charge in [-0.25, -0.2) is 0 Å². The lowest BCUT2D eigenvalue weighted by atomic mass is 10.1. The number of amides is 1. The number of nitrogens with one attached hydrogen (secondary N) is 1. The van der Waals surface area contributed by atoms with Crippen molar-refractivity contribution in [2.24, 2.45) is 0 Å². The molecule has 1 N–H and O–H groups in total. The Morgan fingerprint density at radius 2 is 2.20 bits per heavy atom. The van der Waals surface area contributed by atoms with Gasteiger partial charge in [0.1, 0.15) is 0 Å². The first-order chi connectivity index (χ1) is 7.11. The van der Waals surface area contributed by atoms with Crippen molar-refractivity contribution in [3.8, 4) is 0 Å². The van der Waals surface area contributed by atoms with Crippen LogP contribution in [0.3, 0.4) is 0 Å². The lowest BCUT2D eigenvalue weighted by Gasteiger charge is -2.34. The van der Waals surface area contributed by atoms with Gasteiger partial charge in [-0.3, -0.25) is 4.79 Å². The van der Waals surface area contributed by atoms with Crippen molar-refractivity contribution in [2.75, 3.05) is 16.8 Å². The minimum atomic E-state index is 0.115. The first-order valence-electron chi connectivity index (χ1n) is 4.95. The number of anilines is 2. The molecular weight excluding hydrogens is 256 g/mol. The topological polar surface area (TPSA) is 32.3 Å². The maximum atomic E-state index is 11.8. The number of rotatable bonds is 1. The normalized spacial score (nSPS) is 15.2. The predicted molar refractivity (Wildman–Crippen MR) is 65.3 cm³/mol. The summed E-state index contributed by atoms with van der Waals surface area (Å²) >= 11 is 3.48. The standard InChI is InChI=1S/C11H13BrN2O/c1-7(2)14-10(15)6-13-9-5-3-4-8(12)11(9)14/h3-5,7,13H,6H2,1-2H3. The molecule has 0 radical (unpaired) electrons. The van der Waals surface area contributed by atoms with Crippen molar-refractivity contribution < 1.29 is 4.79 Å². The van der Waals surface area contributed by atoms with Crippen LogP contribution in [0.1, 0.15) is 13.8 Å². The molecule has 0 atom stereocenters. The summed E-state index contributed by atoms with van der Waals surface area (Å²) < 4.78 is 0.953. The average molecular weight is 269 g/mol. The quantitative estimate of drug-likeness (QED) is 0.850. The molecule has 1 aliphatic heterocycles. The van der Waals surface area contributed by atoms with Gasteiger partial charge < -0.3 is 10.2 Å². The van der Waals surface area contributed by atoms with E-state index in [1.165, 1.54) is 0 Å². The summed E-state index contributed by atoms with van der Waals surface area (Å²) in [4.78, 5) is 13.6. The van der Waals surface area contributed by atoms with Crippen LogP contribution >= 0.6 is 15.9 Å². The molecule has 1 aromatic rings. The second-order valence-corrected chi connectivity index (χ2v) is 4.70. The molecule has 0 saturated carbocycles. The van der Waals surface area contributed by atoms with Gasteiger partial charge in [0, 0.05) is 10.5 Å². The molecule has 1 heterocycles. The SMILES string of the molecule is CC(C)N1C(=O)CNc2cccc(Br)c21. The lowest BCUT2D eigenvalue weighted by Crippen LogP contribution is -2.44. The van der Waals surface area contributed by atoms with Gasteiger partial charge in [0.25, 0.3) is 0 Å². The molecule has 0 fully saturated rings. The van der Waals surface area contributed by atoms with Crippen molar-refractivity contribution in [2.45, 2.75) is 19.9 Å². The average Bonchev–Trinajstić information content (AvgIpc) is 2.18. The smallest absolute Gasteiger partial charge is 0.246 e. The Hall–Kier alpha value is -1.03. The molecule has 2 rings (SSSR count). The third-order valence-corrected chi connectivity index (χ3v) is 3.08. The van der Waals surface area contributed by atoms with Crippen LogP contribution in [0.25, 0.3) is 0 Å². The minimum Gasteiger partial charge on any atom is -0.374 e. The highest BCUT2D eigenvalue weighted by atomic mass is 79.9. The third-order valence-electron chi connectivity index (χ3n) is 2.44. The summed E-state index contributed by atoms with van der Waals surface area (Å²) in [6.45, 7) is 4.42. The molecule has 0 aliphatic carbocycles. The van der Waals surface area contributed by atoms with Crippen molar-refractivity contribution in [1.29, 1.82) is 0 Å². The second kappa shape index (κ2) is 3.85. The molecule has 15 heavy (non-hydrogen) atoms. The number of hydrogen-bond donors (Lipinski definition) is 1. The molecule has 0 unspecified atom stereocenters. The van der Waals surface area contributed by atoms with Gasteiger partial charge in [0.2, 0.25) is 5.91 Å². The van der Waals surface area contributed by atoms with Gasteiger partial charge in [-0.2, -0.15) is 0 Å². The van der Waals surface area contributed by atoms with Gasteiger partial charge in [-0.1, -0.05) is 6.07 Å². The molecule has 0 saturated heterocycles. The van der Waals surface area contributed by atoms with Gasteiger partial charge >= 0.3 is 0 Å². The van der Waals surface area contributed by atoms with Crippen LogP contribution in [0.5, 0.6) is 0 Å². The Balaban J connectivity index is 2.55. The van der Waals surface area contributed by atoms with E-state index < -0.39 is 0 Å². The van der Waals surface area contributed by atoms with Crippen LogP contribution in [-0.4, -0.2) is 18.5 Å². The zero-order valence-corrected chi connectivity index (χ0v) is 10.3. The number of fused-ring (bicyclic) bond motifs is 1. The zero-order valence-electron chi connectivity index (χ0n) is 8.75. The van der Waals surface area contributed by atoms with Crippen LogP contribution in [0.15, 0.2) is 22.7 Å². The van der Waals surface area contributed by atoms with Crippen LogP contribution in [0.4, 0.5) is 11.4 Å². The van der Waals surface area contributed by atoms with Crippen molar-refractivity contribution >= 4 is 33.2 Å². The van der Waals surface area contributed by atoms with Crippen LogP contribution in [0.2, 0.25) is 0 Å². The summed E-state index contributed by atoms with van der Waals surface area (Å²) in [7, 11) is 0. The first kappa shape index (κ1) is 10.5. The molecule has 3 nitrogen and oxygen atoms in total. The van der Waals surface area contributed by atoms with Crippen LogP contribution in [0, 0.1) is 0 Å². The van der Waals surface area contributed by atoms with E-state index in [9.17, 15) is 4.79 Å². The molecule has 80 valence electrons. The van der Waals surface area contributed by atoms with E-state index in [4.69, 9.17) is 0 Å². The number of para-hydroxylation sites is 1. The third kappa shape index (κ3) is 1.74. The number of hydrogen-bond acceptors (Lipinski definition) is 2. The maximum absolute atomic E-state index is 11.8. The summed E-state index contributed by atoms with van der Waals surface area (Å²) in [6, 6.07) is 6.08. The van der Waals surface area contributed by atoms with E-state index in [1.54, 1.807) is 0 Å². The Labute approximate surface area is 97.6 Å². The molecule has 0 spiro atoms. The lowest BCUT2D eigenvalue weighted by molar-refractivity contribution is -0.117. The van der Waals surface area contributed by atoms with Crippen molar-refractivity contribution in [1.82, 2.24) is 0 Å². The summed E-state index contributed by atoms with van der Waals surface area (Å²) in [6.07, 6.45) is 0. The van der Waals surface area contributed by atoms with Crippen LogP contribution in [-0.2, 0) is 4.79 Å². The molecule has 1 amide bonds. The largest absolute Gasteiger partial charge is 0.374 e. The molecular formula is C11H13BrN2O. The fourth-order valence-corrected chi connectivity index (χ4v) is 2.39.